The maximum absolute atomic E-state index is 14.4. The van der Waals surface area contributed by atoms with Gasteiger partial charge in [-0.2, -0.15) is 10.1 Å². The lowest BCUT2D eigenvalue weighted by atomic mass is 9.83. The lowest BCUT2D eigenvalue weighted by Crippen LogP contribution is -2.14. The highest BCUT2D eigenvalue weighted by atomic mass is 19.1. The molecule has 0 unspecified atom stereocenters. The minimum absolute atomic E-state index is 0.246. The maximum atomic E-state index is 14.4. The SMILES string of the molecule is Cn1ncnc1COc1nc2c(-c3ccccc3F)nncn2c1C1CCC1. The van der Waals surface area contributed by atoms with Crippen LogP contribution in [0.25, 0.3) is 16.9 Å². The summed E-state index contributed by atoms with van der Waals surface area (Å²) in [5.41, 5.74) is 2.26. The van der Waals surface area contributed by atoms with E-state index in [1.54, 1.807) is 29.2 Å². The third-order valence-electron chi connectivity index (χ3n) is 5.21. The molecular weight excluding hydrogens is 361 g/mol. The molecule has 1 aromatic carbocycles. The third-order valence-corrected chi connectivity index (χ3v) is 5.21. The van der Waals surface area contributed by atoms with E-state index in [1.165, 1.54) is 18.8 Å². The highest BCUT2D eigenvalue weighted by Gasteiger charge is 2.29. The number of fused-ring (bicyclic) bond motifs is 1. The average Bonchev–Trinajstić information content (AvgIpc) is 3.23. The topological polar surface area (TPSA) is 83.0 Å². The third kappa shape index (κ3) is 2.70. The Morgan fingerprint density at radius 2 is 2.11 bits per heavy atom. The van der Waals surface area contributed by atoms with Crippen molar-refractivity contribution in [1.82, 2.24) is 34.3 Å². The molecule has 3 aromatic heterocycles. The summed E-state index contributed by atoms with van der Waals surface area (Å²) in [6.45, 7) is 0.246. The zero-order chi connectivity index (χ0) is 19.1. The summed E-state index contributed by atoms with van der Waals surface area (Å²) in [7, 11) is 1.81. The van der Waals surface area contributed by atoms with Gasteiger partial charge in [0.05, 0.1) is 5.69 Å². The summed E-state index contributed by atoms with van der Waals surface area (Å²) in [6, 6.07) is 6.50. The molecular formula is C19H18FN7O. The van der Waals surface area contributed by atoms with Crippen molar-refractivity contribution in [2.45, 2.75) is 31.8 Å². The molecule has 0 saturated heterocycles. The summed E-state index contributed by atoms with van der Waals surface area (Å²) in [6.07, 6.45) is 6.39. The largest absolute Gasteiger partial charge is 0.468 e. The van der Waals surface area contributed by atoms with Gasteiger partial charge in [0, 0.05) is 18.5 Å². The molecule has 0 N–H and O–H groups in total. The van der Waals surface area contributed by atoms with Crippen LogP contribution in [0.2, 0.25) is 0 Å². The second-order valence-electron chi connectivity index (χ2n) is 6.87. The molecule has 1 aliphatic rings. The van der Waals surface area contributed by atoms with Gasteiger partial charge in [0.15, 0.2) is 11.5 Å². The van der Waals surface area contributed by atoms with Crippen molar-refractivity contribution in [2.75, 3.05) is 0 Å². The Labute approximate surface area is 160 Å². The molecule has 5 rings (SSSR count). The summed E-state index contributed by atoms with van der Waals surface area (Å²) >= 11 is 0. The van der Waals surface area contributed by atoms with Gasteiger partial charge < -0.3 is 4.74 Å². The van der Waals surface area contributed by atoms with Gasteiger partial charge in [-0.3, -0.25) is 9.08 Å². The molecule has 8 nitrogen and oxygen atoms in total. The predicted octanol–water partition coefficient (Wildman–Crippen LogP) is 2.91. The first-order valence-corrected chi connectivity index (χ1v) is 9.16. The van der Waals surface area contributed by atoms with Gasteiger partial charge in [-0.1, -0.05) is 18.6 Å². The van der Waals surface area contributed by atoms with E-state index in [1.807, 2.05) is 11.4 Å². The lowest BCUT2D eigenvalue weighted by Gasteiger charge is -2.25. The van der Waals surface area contributed by atoms with Crippen molar-refractivity contribution >= 4 is 5.65 Å². The van der Waals surface area contributed by atoms with Crippen LogP contribution in [0.1, 0.15) is 36.7 Å². The van der Waals surface area contributed by atoms with E-state index in [2.05, 4.69) is 25.3 Å². The zero-order valence-electron chi connectivity index (χ0n) is 15.3. The van der Waals surface area contributed by atoms with Crippen LogP contribution in [0.3, 0.4) is 0 Å². The van der Waals surface area contributed by atoms with E-state index in [9.17, 15) is 4.39 Å². The zero-order valence-corrected chi connectivity index (χ0v) is 15.3. The molecule has 142 valence electrons. The van der Waals surface area contributed by atoms with Gasteiger partial charge in [0.2, 0.25) is 5.88 Å². The Balaban J connectivity index is 1.62. The van der Waals surface area contributed by atoms with Gasteiger partial charge in [-0.15, -0.1) is 10.2 Å². The van der Waals surface area contributed by atoms with Crippen LogP contribution in [-0.2, 0) is 13.7 Å². The van der Waals surface area contributed by atoms with Crippen LogP contribution in [-0.4, -0.2) is 34.3 Å². The van der Waals surface area contributed by atoms with Gasteiger partial charge in [-0.05, 0) is 25.0 Å². The highest BCUT2D eigenvalue weighted by molar-refractivity contribution is 5.74. The molecule has 0 spiro atoms. The summed E-state index contributed by atoms with van der Waals surface area (Å²) in [4.78, 5) is 8.86. The number of imidazole rings is 1. The van der Waals surface area contributed by atoms with E-state index in [0.717, 1.165) is 18.5 Å². The number of rotatable bonds is 5. The summed E-state index contributed by atoms with van der Waals surface area (Å²) in [5.74, 6) is 1.18. The fraction of sp³-hybridized carbons (Fsp3) is 0.316. The molecule has 0 bridgehead atoms. The van der Waals surface area contributed by atoms with Crippen molar-refractivity contribution in [3.63, 3.8) is 0 Å². The molecule has 9 heteroatoms. The molecule has 1 fully saturated rings. The first-order chi connectivity index (χ1) is 13.7. The Kier molecular flexibility index (Phi) is 4.00. The van der Waals surface area contributed by atoms with E-state index < -0.39 is 0 Å². The number of hydrogen-bond donors (Lipinski definition) is 0. The van der Waals surface area contributed by atoms with Crippen molar-refractivity contribution in [3.05, 3.63) is 54.3 Å². The summed E-state index contributed by atoms with van der Waals surface area (Å²) < 4.78 is 23.9. The molecule has 1 saturated carbocycles. The number of hydrogen-bond acceptors (Lipinski definition) is 6. The van der Waals surface area contributed by atoms with E-state index >= 15 is 0 Å². The first-order valence-electron chi connectivity index (χ1n) is 9.16. The minimum atomic E-state index is -0.361. The summed E-state index contributed by atoms with van der Waals surface area (Å²) in [5, 5.41) is 12.3. The van der Waals surface area contributed by atoms with E-state index in [4.69, 9.17) is 4.74 Å². The number of aromatic nitrogens is 7. The lowest BCUT2D eigenvalue weighted by molar-refractivity contribution is 0.269. The van der Waals surface area contributed by atoms with Gasteiger partial charge in [0.25, 0.3) is 0 Å². The second kappa shape index (κ2) is 6.66. The van der Waals surface area contributed by atoms with Crippen LogP contribution < -0.4 is 4.74 Å². The Morgan fingerprint density at radius 3 is 2.82 bits per heavy atom. The normalized spacial score (nSPS) is 14.4. The number of benzene rings is 1. The molecule has 0 atom stereocenters. The molecule has 3 heterocycles. The Bertz CT molecular complexity index is 1150. The van der Waals surface area contributed by atoms with Gasteiger partial charge >= 0.3 is 0 Å². The first kappa shape index (κ1) is 16.8. The quantitative estimate of drug-likeness (QED) is 0.530. The molecule has 0 amide bonds. The Morgan fingerprint density at radius 1 is 1.25 bits per heavy atom. The fourth-order valence-electron chi connectivity index (χ4n) is 3.46. The van der Waals surface area contributed by atoms with Gasteiger partial charge in [-0.25, -0.2) is 9.37 Å². The molecule has 4 aromatic rings. The Hall–Kier alpha value is -3.36. The molecule has 0 radical (unpaired) electrons. The van der Waals surface area contributed by atoms with Crippen LogP contribution >= 0.6 is 0 Å². The fourth-order valence-corrected chi connectivity index (χ4v) is 3.46. The number of ether oxygens (including phenoxy) is 1. The second-order valence-corrected chi connectivity index (χ2v) is 6.87. The number of halogens is 1. The van der Waals surface area contributed by atoms with Crippen molar-refractivity contribution < 1.29 is 9.13 Å². The van der Waals surface area contributed by atoms with Crippen LogP contribution in [0.15, 0.2) is 36.9 Å². The number of nitrogens with zero attached hydrogens (tertiary/aromatic N) is 7. The van der Waals surface area contributed by atoms with Crippen molar-refractivity contribution in [3.8, 4) is 17.1 Å². The standard InChI is InChI=1S/C19H18FN7O/c1-26-15(21-10-23-26)9-28-19-17(12-5-4-6-12)27-11-22-25-16(18(27)24-19)13-7-2-3-8-14(13)20/h2-3,7-8,10-12H,4-6,9H2,1H3. The number of aryl methyl sites for hydroxylation is 1. The minimum Gasteiger partial charge on any atom is -0.468 e. The van der Waals surface area contributed by atoms with Crippen LogP contribution in [0.5, 0.6) is 5.88 Å². The van der Waals surface area contributed by atoms with Crippen molar-refractivity contribution in [2.24, 2.45) is 7.05 Å². The van der Waals surface area contributed by atoms with Gasteiger partial charge in [0.1, 0.15) is 30.8 Å². The highest BCUT2D eigenvalue weighted by Crippen LogP contribution is 2.42. The molecule has 1 aliphatic carbocycles. The average molecular weight is 379 g/mol. The molecule has 0 aliphatic heterocycles. The van der Waals surface area contributed by atoms with Crippen LogP contribution in [0.4, 0.5) is 4.39 Å². The smallest absolute Gasteiger partial charge is 0.236 e. The molecule has 28 heavy (non-hydrogen) atoms. The van der Waals surface area contributed by atoms with Crippen molar-refractivity contribution in [1.29, 1.82) is 0 Å². The van der Waals surface area contributed by atoms with E-state index in [0.29, 0.717) is 34.5 Å². The predicted molar refractivity (Wildman–Crippen MR) is 98.1 cm³/mol. The monoisotopic (exact) mass is 379 g/mol. The van der Waals surface area contributed by atoms with Crippen LogP contribution in [0, 0.1) is 5.82 Å². The maximum Gasteiger partial charge on any atom is 0.236 e. The van der Waals surface area contributed by atoms with E-state index in [-0.39, 0.29) is 12.4 Å².